The lowest BCUT2D eigenvalue weighted by molar-refractivity contribution is -0.199. The zero-order valence-corrected chi connectivity index (χ0v) is 63.0. The highest BCUT2D eigenvalue weighted by atomic mass is 79.9. The molecule has 0 saturated heterocycles. The third kappa shape index (κ3) is 29.8. The summed E-state index contributed by atoms with van der Waals surface area (Å²) in [7, 11) is -2.59. The van der Waals surface area contributed by atoms with Gasteiger partial charge in [-0.05, 0) is 191 Å². The van der Waals surface area contributed by atoms with Crippen LogP contribution in [0.3, 0.4) is 0 Å². The Hall–Kier alpha value is -7.90. The Kier molecular flexibility index (Phi) is 36.7. The number of hydrazine groups is 1. The van der Waals surface area contributed by atoms with Crippen molar-refractivity contribution in [1.29, 1.82) is 0 Å². The molecule has 5 aromatic heterocycles. The topological polar surface area (TPSA) is 354 Å². The second kappa shape index (κ2) is 41.6. The van der Waals surface area contributed by atoms with Crippen LogP contribution >= 0.6 is 47.8 Å². The molecule has 1 aliphatic rings. The van der Waals surface area contributed by atoms with Gasteiger partial charge < -0.3 is 42.7 Å². The molecule has 0 spiro atoms. The van der Waals surface area contributed by atoms with Crippen molar-refractivity contribution in [2.75, 3.05) is 45.5 Å². The number of rotatable bonds is 20. The molecular formula is C64H80BBr3F3N9O17S2. The number of nitrogens with one attached hydrogen (secondary N) is 1. The Morgan fingerprint density at radius 1 is 0.596 bits per heavy atom. The molecule has 0 amide bonds. The van der Waals surface area contributed by atoms with Gasteiger partial charge in [0.25, 0.3) is 0 Å². The number of nitrogens with two attached hydrogens (primary N) is 1. The smallest absolute Gasteiger partial charge is 0.465 e. The van der Waals surface area contributed by atoms with Crippen molar-refractivity contribution in [3.63, 3.8) is 0 Å². The molecule has 26 nitrogen and oxygen atoms in total. The highest BCUT2D eigenvalue weighted by Crippen LogP contribution is 2.35. The van der Waals surface area contributed by atoms with E-state index in [1.54, 1.807) is 85.1 Å². The standard InChI is InChI=1S/C20H22N2O4S.C13H16BrN3O2.C9H10BrNO2.C7H9BO4S.C7H8BrNO.C4H5F3O2.C4H10N2O2/c1-4-26-20(23)13-22-19(10-14(2)21-22)17-9-8-16(11-17)15-6-5-7-18(12-15)27(3,24)25;1-4-19-13(18)8-17-11(7-9(2)15-17)10-5-6-12(14)16(10)3;1-6(12)5-8(13)7-3-4-9(10)11(7)2;1-13(11,12)7-4-2-3-6(5-7)8(9)10;1-5(10)6-3-4-7(8)9(6)2;1-2-9-3(8)4(5,6)7;1-2-8-4(7)3-6-5/h5-10,12H,4,11,13H2,1-3H3;5-7H,4,8H2,1-3H3;3-4H,5H2,1-2H3;2-5,9-10H,1H3;3-4H,1-2H3;2H2,1H3;6H,2-3,5H2,1H3. The minimum Gasteiger partial charge on any atom is -0.465 e. The van der Waals surface area contributed by atoms with Gasteiger partial charge in [-0.25, -0.2) is 27.1 Å². The molecule has 0 saturated carbocycles. The van der Waals surface area contributed by atoms with E-state index < -0.39 is 38.9 Å². The van der Waals surface area contributed by atoms with Crippen LogP contribution in [0.2, 0.25) is 0 Å². The van der Waals surface area contributed by atoms with Crippen LogP contribution in [0.4, 0.5) is 13.2 Å². The van der Waals surface area contributed by atoms with Crippen LogP contribution < -0.4 is 16.7 Å². The first-order valence-corrected chi connectivity index (χ1v) is 35.9. The fraction of sp³-hybridized carbons (Fsp3) is 0.359. The molecule has 0 aliphatic heterocycles. The first kappa shape index (κ1) is 87.2. The molecule has 0 bridgehead atoms. The Balaban J connectivity index is 0.000000411. The molecule has 7 aromatic rings. The maximum absolute atomic E-state index is 11.8. The number of nitrogens with zero attached hydrogens (tertiary/aromatic N) is 7. The van der Waals surface area contributed by atoms with Crippen molar-refractivity contribution in [2.24, 2.45) is 27.0 Å². The van der Waals surface area contributed by atoms with Gasteiger partial charge in [0.1, 0.15) is 25.4 Å². The number of ether oxygens (including phenoxy) is 4. The summed E-state index contributed by atoms with van der Waals surface area (Å²) in [4.78, 5) is 76.8. The third-order valence-electron chi connectivity index (χ3n) is 12.9. The fourth-order valence-electron chi connectivity index (χ4n) is 8.36. The number of Topliss-reactive ketones (excluding diaryl/α,β-unsaturated/α-hetero) is 3. The summed E-state index contributed by atoms with van der Waals surface area (Å²) in [6.45, 7) is 14.5. The molecular weight excluding hydrogens is 1540 g/mol. The van der Waals surface area contributed by atoms with E-state index in [-0.39, 0.29) is 78.3 Å². The maximum atomic E-state index is 11.8. The molecule has 0 unspecified atom stereocenters. The number of aryl methyl sites for hydroxylation is 2. The summed E-state index contributed by atoms with van der Waals surface area (Å²) in [5.74, 6) is 1.59. The summed E-state index contributed by atoms with van der Waals surface area (Å²) in [5, 5.41) is 26.3. The zero-order valence-electron chi connectivity index (χ0n) is 56.6. The van der Waals surface area contributed by atoms with E-state index in [4.69, 9.17) is 25.4 Å². The molecule has 35 heteroatoms. The number of hydrogen-bond donors (Lipinski definition) is 4. The molecule has 2 aromatic carbocycles. The van der Waals surface area contributed by atoms with E-state index >= 15 is 0 Å². The van der Waals surface area contributed by atoms with Gasteiger partial charge in [0.05, 0.1) is 96.3 Å². The second-order valence-corrected chi connectivity index (χ2v) is 27.4. The monoisotopic (exact) mass is 1620 g/mol. The van der Waals surface area contributed by atoms with Gasteiger partial charge in [-0.15, -0.1) is 0 Å². The van der Waals surface area contributed by atoms with Crippen LogP contribution in [0.25, 0.3) is 22.5 Å². The van der Waals surface area contributed by atoms with Crippen LogP contribution in [0.5, 0.6) is 0 Å². The lowest BCUT2D eigenvalue weighted by atomic mass is 9.80. The Morgan fingerprint density at radius 3 is 1.44 bits per heavy atom. The van der Waals surface area contributed by atoms with Crippen LogP contribution in [-0.4, -0.2) is 160 Å². The molecule has 0 atom stereocenters. The number of sulfone groups is 2. The van der Waals surface area contributed by atoms with Gasteiger partial charge in [0.2, 0.25) is 0 Å². The highest BCUT2D eigenvalue weighted by molar-refractivity contribution is 9.11. The van der Waals surface area contributed by atoms with Gasteiger partial charge in [0.15, 0.2) is 31.2 Å². The first-order valence-electron chi connectivity index (χ1n) is 29.7. The summed E-state index contributed by atoms with van der Waals surface area (Å²) in [6, 6.07) is 27.5. The number of hydrogen-bond acceptors (Lipinski definition) is 21. The summed E-state index contributed by atoms with van der Waals surface area (Å²) in [5.41, 5.74) is 11.0. The zero-order chi connectivity index (χ0) is 75.3. The average molecular weight is 1620 g/mol. The minimum atomic E-state index is -4.85. The summed E-state index contributed by atoms with van der Waals surface area (Å²) in [6.07, 6.45) is 2.00. The van der Waals surface area contributed by atoms with Crippen molar-refractivity contribution in [2.45, 2.75) is 97.3 Å². The molecule has 8 rings (SSSR count). The number of alkyl halides is 3. The van der Waals surface area contributed by atoms with Crippen molar-refractivity contribution < 1.29 is 92.6 Å². The fourth-order valence-corrected chi connectivity index (χ4v) is 10.7. The molecule has 5 N–H and O–H groups in total. The predicted octanol–water partition coefficient (Wildman–Crippen LogP) is 8.39. The number of carbonyl (C=O) groups excluding carboxylic acids is 7. The van der Waals surface area contributed by atoms with Crippen molar-refractivity contribution in [3.8, 4) is 11.4 Å². The lowest BCUT2D eigenvalue weighted by Gasteiger charge is -2.10. The van der Waals surface area contributed by atoms with Gasteiger partial charge in [-0.3, -0.25) is 44.0 Å². The molecule has 99 heavy (non-hydrogen) atoms. The largest absolute Gasteiger partial charge is 0.490 e. The quantitative estimate of drug-likeness (QED) is 0.0106. The van der Waals surface area contributed by atoms with E-state index in [1.807, 2.05) is 85.6 Å². The number of esters is 4. The third-order valence-corrected chi connectivity index (χ3v) is 17.6. The number of ketones is 3. The normalized spacial score (nSPS) is 11.4. The van der Waals surface area contributed by atoms with Gasteiger partial charge in [0, 0.05) is 47.0 Å². The summed E-state index contributed by atoms with van der Waals surface area (Å²) >= 11 is 10.0. The van der Waals surface area contributed by atoms with E-state index in [0.29, 0.717) is 36.8 Å². The van der Waals surface area contributed by atoms with Crippen LogP contribution in [-0.2, 0) is 96.8 Å². The van der Waals surface area contributed by atoms with E-state index in [0.717, 1.165) is 70.9 Å². The lowest BCUT2D eigenvalue weighted by Crippen LogP contribution is -2.30. The molecule has 540 valence electrons. The van der Waals surface area contributed by atoms with Crippen LogP contribution in [0.15, 0.2) is 133 Å². The van der Waals surface area contributed by atoms with Gasteiger partial charge in [-0.1, -0.05) is 36.4 Å². The Labute approximate surface area is 598 Å². The first-order chi connectivity index (χ1) is 46.1. The second-order valence-electron chi connectivity index (χ2n) is 20.9. The molecule has 0 radical (unpaired) electrons. The molecule has 5 heterocycles. The van der Waals surface area contributed by atoms with Gasteiger partial charge >= 0.3 is 37.2 Å². The van der Waals surface area contributed by atoms with Crippen LogP contribution in [0, 0.1) is 13.8 Å². The van der Waals surface area contributed by atoms with E-state index in [9.17, 15) is 63.6 Å². The predicted molar refractivity (Wildman–Crippen MR) is 376 cm³/mol. The SMILES string of the molecule is CC(=O)CC(=O)c1ccc(Br)n1C.CC(=O)c1ccc(Br)n1C.CCOC(=O)C(F)(F)F.CCOC(=O)CNN.CCOC(=O)Cn1nc(C)cc1-c1ccc(Br)n1C.CCOC(=O)Cn1nc(C)cc1C1=CC=C(c2cccc(S(C)(=O)=O)c2)C1.CS(=O)(=O)c1cccc(B(O)O)c1. The van der Waals surface area contributed by atoms with E-state index in [1.165, 1.54) is 44.4 Å². The van der Waals surface area contributed by atoms with Crippen molar-refractivity contribution in [1.82, 2.24) is 38.7 Å². The molecule has 0 fully saturated rings. The number of halogens is 6. The number of benzene rings is 2. The molecule has 1 aliphatic carbocycles. The van der Waals surface area contributed by atoms with E-state index in [2.05, 4.69) is 72.9 Å². The number of carbonyl (C=O) groups is 7. The van der Waals surface area contributed by atoms with Crippen molar-refractivity contribution in [3.05, 3.63) is 157 Å². The van der Waals surface area contributed by atoms with Crippen LogP contribution in [0.1, 0.15) is 98.0 Å². The Morgan fingerprint density at radius 2 is 1.04 bits per heavy atom. The maximum Gasteiger partial charge on any atom is 0.490 e. The number of allylic oxidation sites excluding steroid dienone is 4. The van der Waals surface area contributed by atoms with Gasteiger partial charge in [-0.2, -0.15) is 23.4 Å². The Bertz CT molecular complexity index is 4210. The minimum absolute atomic E-state index is 0.0235. The summed E-state index contributed by atoms with van der Waals surface area (Å²) < 4.78 is 109. The van der Waals surface area contributed by atoms with Crippen molar-refractivity contribution >= 4 is 132 Å². The number of aromatic nitrogens is 7. The highest BCUT2D eigenvalue weighted by Gasteiger charge is 2.40. The average Bonchev–Trinajstić information content (AvgIpc) is 1.62.